The maximum Gasteiger partial charge on any atom is 0.264 e. The molecule has 8 nitrogen and oxygen atoms in total. The van der Waals surface area contributed by atoms with Crippen molar-refractivity contribution in [1.29, 1.82) is 0 Å². The molecule has 0 aliphatic carbocycles. The Morgan fingerprint density at radius 3 is 2.81 bits per heavy atom. The Kier molecular flexibility index (Phi) is 6.25. The highest BCUT2D eigenvalue weighted by molar-refractivity contribution is 7.98. The topological polar surface area (TPSA) is 118 Å². The number of H-pyrrole nitrogens is 1. The number of nitrogens with zero attached hydrogens (tertiary/aromatic N) is 2. The van der Waals surface area contributed by atoms with E-state index in [0.29, 0.717) is 24.1 Å². The molecule has 27 heavy (non-hydrogen) atoms. The highest BCUT2D eigenvalue weighted by Gasteiger charge is 2.30. The summed E-state index contributed by atoms with van der Waals surface area (Å²) in [6.07, 6.45) is 1.27. The van der Waals surface area contributed by atoms with Gasteiger partial charge in [-0.25, -0.2) is 4.98 Å². The number of carbonyl (C=O) groups is 2. The first-order chi connectivity index (χ1) is 13.0. The zero-order chi connectivity index (χ0) is 19.2. The number of primary amides is 1. The summed E-state index contributed by atoms with van der Waals surface area (Å²) in [5.74, 6) is -0.345. The zero-order valence-corrected chi connectivity index (χ0v) is 15.4. The largest absolute Gasteiger partial charge is 0.377 e. The number of thioether (sulfide) groups is 1. The van der Waals surface area contributed by atoms with E-state index in [1.54, 1.807) is 0 Å². The average Bonchev–Trinajstić information content (AvgIpc) is 2.67. The predicted molar refractivity (Wildman–Crippen MR) is 100 cm³/mol. The van der Waals surface area contributed by atoms with Crippen LogP contribution in [0.1, 0.15) is 22.3 Å². The van der Waals surface area contributed by atoms with Crippen molar-refractivity contribution in [2.45, 2.75) is 23.4 Å². The Morgan fingerprint density at radius 1 is 1.33 bits per heavy atom. The van der Waals surface area contributed by atoms with E-state index in [-0.39, 0.29) is 18.6 Å². The number of aromatic nitrogens is 2. The van der Waals surface area contributed by atoms with Gasteiger partial charge in [0, 0.05) is 24.9 Å². The van der Waals surface area contributed by atoms with Crippen LogP contribution in [-0.2, 0) is 15.3 Å². The van der Waals surface area contributed by atoms with E-state index >= 15 is 0 Å². The Hall–Kier alpha value is -2.65. The molecule has 2 heterocycles. The third kappa shape index (κ3) is 4.95. The number of morpholine rings is 1. The van der Waals surface area contributed by atoms with Crippen LogP contribution in [0.25, 0.3) is 0 Å². The molecule has 3 N–H and O–H groups in total. The van der Waals surface area contributed by atoms with Crippen molar-refractivity contribution in [2.75, 3.05) is 19.8 Å². The molecule has 3 rings (SSSR count). The predicted octanol–water partition coefficient (Wildman–Crippen LogP) is 0.779. The van der Waals surface area contributed by atoms with Crippen LogP contribution in [-0.4, -0.2) is 52.5 Å². The summed E-state index contributed by atoms with van der Waals surface area (Å²) in [4.78, 5) is 44.7. The monoisotopic (exact) mass is 388 g/mol. The molecule has 2 aromatic rings. The zero-order valence-electron chi connectivity index (χ0n) is 14.6. The lowest BCUT2D eigenvalue weighted by Crippen LogP contribution is -2.51. The third-order valence-electron chi connectivity index (χ3n) is 4.15. The molecule has 1 aliphatic rings. The quantitative estimate of drug-likeness (QED) is 0.558. The fraction of sp³-hybridized carbons (Fsp3) is 0.333. The van der Waals surface area contributed by atoms with Gasteiger partial charge < -0.3 is 20.4 Å². The summed E-state index contributed by atoms with van der Waals surface area (Å²) in [6, 6.07) is 9.32. The number of carbonyl (C=O) groups excluding carboxylic acids is 2. The summed E-state index contributed by atoms with van der Waals surface area (Å²) in [5, 5.41) is 0.441. The van der Waals surface area contributed by atoms with E-state index in [4.69, 9.17) is 10.5 Å². The van der Waals surface area contributed by atoms with Crippen LogP contribution in [0.15, 0.2) is 46.5 Å². The highest BCUT2D eigenvalue weighted by Crippen LogP contribution is 2.18. The number of ether oxygens (including phenoxy) is 1. The molecule has 142 valence electrons. The second-order valence-corrected chi connectivity index (χ2v) is 7.07. The van der Waals surface area contributed by atoms with Gasteiger partial charge in [0.1, 0.15) is 5.56 Å². The Balaban J connectivity index is 1.71. The van der Waals surface area contributed by atoms with Crippen molar-refractivity contribution in [3.63, 3.8) is 0 Å². The lowest BCUT2D eigenvalue weighted by Gasteiger charge is -2.34. The van der Waals surface area contributed by atoms with E-state index in [2.05, 4.69) is 9.97 Å². The van der Waals surface area contributed by atoms with Crippen molar-refractivity contribution < 1.29 is 14.3 Å². The second-order valence-electron chi connectivity index (χ2n) is 6.10. The minimum absolute atomic E-state index is 0.0118. The standard InChI is InChI=1S/C18H20N4O4S/c19-15(23)8-13-10-26-7-6-22(13)17(25)14-9-20-18(21-16(14)24)27-11-12-4-2-1-3-5-12/h1-5,9,13H,6-8,10-11H2,(H2,19,23)(H,20,21,24)/t13-/m0/s1. The molecule has 1 fully saturated rings. The number of amides is 2. The molecule has 2 amide bonds. The molecule has 0 unspecified atom stereocenters. The molecule has 0 saturated carbocycles. The molecule has 1 aromatic carbocycles. The van der Waals surface area contributed by atoms with Gasteiger partial charge in [0.15, 0.2) is 5.16 Å². The maximum absolute atomic E-state index is 12.8. The van der Waals surface area contributed by atoms with Crippen LogP contribution < -0.4 is 11.3 Å². The van der Waals surface area contributed by atoms with Crippen molar-refractivity contribution in [3.05, 3.63) is 58.0 Å². The van der Waals surface area contributed by atoms with Crippen LogP contribution in [0.3, 0.4) is 0 Å². The lowest BCUT2D eigenvalue weighted by molar-refractivity contribution is -0.120. The summed E-state index contributed by atoms with van der Waals surface area (Å²) in [5.41, 5.74) is 5.78. The van der Waals surface area contributed by atoms with Crippen LogP contribution in [0, 0.1) is 0 Å². The van der Waals surface area contributed by atoms with E-state index in [9.17, 15) is 14.4 Å². The fourth-order valence-electron chi connectivity index (χ4n) is 2.81. The first-order valence-electron chi connectivity index (χ1n) is 8.47. The second kappa shape index (κ2) is 8.83. The summed E-state index contributed by atoms with van der Waals surface area (Å²) < 4.78 is 5.32. The van der Waals surface area contributed by atoms with E-state index in [1.165, 1.54) is 22.9 Å². The van der Waals surface area contributed by atoms with Crippen LogP contribution in [0.2, 0.25) is 0 Å². The van der Waals surface area contributed by atoms with Crippen molar-refractivity contribution in [2.24, 2.45) is 5.73 Å². The molecule has 1 aromatic heterocycles. The van der Waals surface area contributed by atoms with E-state index in [1.807, 2.05) is 30.3 Å². The highest BCUT2D eigenvalue weighted by atomic mass is 32.2. The van der Waals surface area contributed by atoms with Crippen LogP contribution >= 0.6 is 11.8 Å². The Labute approximate surface area is 160 Å². The van der Waals surface area contributed by atoms with Gasteiger partial charge in [-0.1, -0.05) is 42.1 Å². The molecule has 9 heteroatoms. The van der Waals surface area contributed by atoms with Gasteiger partial charge in [-0.15, -0.1) is 0 Å². The molecule has 1 atom stereocenters. The van der Waals surface area contributed by atoms with Gasteiger partial charge in [-0.05, 0) is 5.56 Å². The summed E-state index contributed by atoms with van der Waals surface area (Å²) in [6.45, 7) is 0.850. The average molecular weight is 388 g/mol. The van der Waals surface area contributed by atoms with Crippen molar-refractivity contribution in [3.8, 4) is 0 Å². The molecular formula is C18H20N4O4S. The van der Waals surface area contributed by atoms with Gasteiger partial charge in [0.2, 0.25) is 5.91 Å². The number of nitrogens with two attached hydrogens (primary N) is 1. The summed E-state index contributed by atoms with van der Waals surface area (Å²) in [7, 11) is 0. The Morgan fingerprint density at radius 2 is 2.11 bits per heavy atom. The van der Waals surface area contributed by atoms with Gasteiger partial charge in [-0.3, -0.25) is 14.4 Å². The molecular weight excluding hydrogens is 368 g/mol. The van der Waals surface area contributed by atoms with E-state index in [0.717, 1.165) is 5.56 Å². The van der Waals surface area contributed by atoms with Gasteiger partial charge in [0.25, 0.3) is 11.5 Å². The molecule has 0 bridgehead atoms. The summed E-state index contributed by atoms with van der Waals surface area (Å²) >= 11 is 1.38. The lowest BCUT2D eigenvalue weighted by atomic mass is 10.1. The SMILES string of the molecule is NC(=O)C[C@H]1COCCN1C(=O)c1cnc(SCc2ccccc2)[nH]c1=O. The van der Waals surface area contributed by atoms with Gasteiger partial charge >= 0.3 is 0 Å². The van der Waals surface area contributed by atoms with Gasteiger partial charge in [-0.2, -0.15) is 0 Å². The first kappa shape index (κ1) is 19.1. The molecule has 0 radical (unpaired) electrons. The molecule has 0 spiro atoms. The number of aromatic amines is 1. The van der Waals surface area contributed by atoms with Crippen molar-refractivity contribution >= 4 is 23.6 Å². The first-order valence-corrected chi connectivity index (χ1v) is 9.46. The number of rotatable bonds is 6. The van der Waals surface area contributed by atoms with Crippen LogP contribution in [0.5, 0.6) is 0 Å². The third-order valence-corrected chi connectivity index (χ3v) is 5.11. The number of hydrogen-bond donors (Lipinski definition) is 2. The normalized spacial score (nSPS) is 16.9. The maximum atomic E-state index is 12.8. The number of benzene rings is 1. The van der Waals surface area contributed by atoms with E-state index < -0.39 is 23.4 Å². The molecule has 1 saturated heterocycles. The minimum atomic E-state index is -0.525. The Bertz CT molecular complexity index is 871. The molecule has 1 aliphatic heterocycles. The van der Waals surface area contributed by atoms with Gasteiger partial charge in [0.05, 0.1) is 19.3 Å². The van der Waals surface area contributed by atoms with Crippen molar-refractivity contribution in [1.82, 2.24) is 14.9 Å². The fourth-order valence-corrected chi connectivity index (χ4v) is 3.60. The minimum Gasteiger partial charge on any atom is -0.377 e. The smallest absolute Gasteiger partial charge is 0.264 e. The van der Waals surface area contributed by atoms with Crippen LogP contribution in [0.4, 0.5) is 0 Å². The number of nitrogens with one attached hydrogen (secondary N) is 1. The number of hydrogen-bond acceptors (Lipinski definition) is 6.